The van der Waals surface area contributed by atoms with Crippen LogP contribution in [-0.4, -0.2) is 10.5 Å². The SMILES string of the molecule is CC(C)(N)C1=CC=CCC2=C1Cc1c2[nH]c(=O)c2c1CCCC2. The first kappa shape index (κ1) is 14.7. The molecule has 0 fully saturated rings. The van der Waals surface area contributed by atoms with Crippen molar-refractivity contribution in [2.75, 3.05) is 0 Å². The van der Waals surface area contributed by atoms with E-state index in [0.29, 0.717) is 0 Å². The summed E-state index contributed by atoms with van der Waals surface area (Å²) in [6, 6.07) is 0. The number of fused-ring (bicyclic) bond motifs is 4. The van der Waals surface area contributed by atoms with Crippen molar-refractivity contribution in [3.8, 4) is 0 Å². The zero-order valence-corrected chi connectivity index (χ0v) is 14.0. The van der Waals surface area contributed by atoms with Crippen LogP contribution in [0.3, 0.4) is 0 Å². The van der Waals surface area contributed by atoms with E-state index in [0.717, 1.165) is 43.4 Å². The van der Waals surface area contributed by atoms with Crippen molar-refractivity contribution in [1.29, 1.82) is 0 Å². The maximum Gasteiger partial charge on any atom is 0.251 e. The van der Waals surface area contributed by atoms with Gasteiger partial charge in [-0.15, -0.1) is 0 Å². The lowest BCUT2D eigenvalue weighted by molar-refractivity contribution is 0.615. The second kappa shape index (κ2) is 5.07. The van der Waals surface area contributed by atoms with Crippen molar-refractivity contribution in [2.24, 2.45) is 5.73 Å². The highest BCUT2D eigenvalue weighted by atomic mass is 16.1. The molecule has 3 aliphatic carbocycles. The molecule has 0 saturated carbocycles. The van der Waals surface area contributed by atoms with Crippen molar-refractivity contribution in [2.45, 2.75) is 57.9 Å². The molecule has 0 saturated heterocycles. The van der Waals surface area contributed by atoms with Gasteiger partial charge in [-0.25, -0.2) is 0 Å². The smallest absolute Gasteiger partial charge is 0.251 e. The molecular formula is C20H24N2O. The lowest BCUT2D eigenvalue weighted by Gasteiger charge is -2.25. The van der Waals surface area contributed by atoms with Crippen LogP contribution in [0.25, 0.3) is 5.57 Å². The van der Waals surface area contributed by atoms with Gasteiger partial charge in [0, 0.05) is 23.2 Å². The summed E-state index contributed by atoms with van der Waals surface area (Å²) in [5.41, 5.74) is 14.7. The molecule has 3 N–H and O–H groups in total. The molecule has 3 heteroatoms. The summed E-state index contributed by atoms with van der Waals surface area (Å²) >= 11 is 0. The fourth-order valence-electron chi connectivity index (χ4n) is 4.33. The fraction of sp³-hybridized carbons (Fsp3) is 0.450. The minimum Gasteiger partial charge on any atom is -0.322 e. The monoisotopic (exact) mass is 308 g/mol. The minimum atomic E-state index is -0.377. The summed E-state index contributed by atoms with van der Waals surface area (Å²) in [7, 11) is 0. The number of nitrogens with two attached hydrogens (primary N) is 1. The van der Waals surface area contributed by atoms with Gasteiger partial charge in [0.05, 0.1) is 0 Å². The van der Waals surface area contributed by atoms with Gasteiger partial charge >= 0.3 is 0 Å². The molecule has 0 aromatic carbocycles. The Hall–Kier alpha value is -1.87. The quantitative estimate of drug-likeness (QED) is 0.837. The zero-order chi connectivity index (χ0) is 16.2. The zero-order valence-electron chi connectivity index (χ0n) is 14.0. The maximum absolute atomic E-state index is 12.5. The van der Waals surface area contributed by atoms with E-state index >= 15 is 0 Å². The minimum absolute atomic E-state index is 0.123. The van der Waals surface area contributed by atoms with E-state index in [2.05, 4.69) is 37.1 Å². The topological polar surface area (TPSA) is 58.9 Å². The lowest BCUT2D eigenvalue weighted by Crippen LogP contribution is -2.35. The third kappa shape index (κ3) is 2.26. The van der Waals surface area contributed by atoms with Crippen molar-refractivity contribution >= 4 is 5.57 Å². The first-order chi connectivity index (χ1) is 11.0. The molecule has 0 radical (unpaired) electrons. The van der Waals surface area contributed by atoms with Crippen LogP contribution in [0.1, 0.15) is 55.5 Å². The predicted octanol–water partition coefficient (Wildman–Crippen LogP) is 3.19. The van der Waals surface area contributed by atoms with E-state index in [1.165, 1.54) is 34.3 Å². The number of hydrogen-bond acceptors (Lipinski definition) is 2. The Labute approximate surface area is 137 Å². The maximum atomic E-state index is 12.5. The van der Waals surface area contributed by atoms with Gasteiger partial charge in [-0.1, -0.05) is 18.2 Å². The molecule has 0 amide bonds. The summed E-state index contributed by atoms with van der Waals surface area (Å²) in [4.78, 5) is 15.7. The molecule has 0 atom stereocenters. The average Bonchev–Trinajstić information content (AvgIpc) is 2.71. The summed E-state index contributed by atoms with van der Waals surface area (Å²) < 4.78 is 0. The molecule has 0 spiro atoms. The van der Waals surface area contributed by atoms with Gasteiger partial charge in [-0.05, 0) is 73.8 Å². The van der Waals surface area contributed by atoms with Gasteiger partial charge in [-0.3, -0.25) is 4.79 Å². The standard InChI is InChI=1S/C20H24N2O/c1-20(2,21)17-10-6-5-8-13-15(17)11-16-12-7-3-4-9-14(12)19(23)22-18(13)16/h5-6,10H,3-4,7-9,11,21H2,1-2H3,(H,22,23). The number of aromatic amines is 1. The molecule has 23 heavy (non-hydrogen) atoms. The van der Waals surface area contributed by atoms with Crippen molar-refractivity contribution < 1.29 is 0 Å². The van der Waals surface area contributed by atoms with E-state index in [1.807, 2.05) is 0 Å². The summed E-state index contributed by atoms with van der Waals surface area (Å²) in [6.45, 7) is 4.12. The van der Waals surface area contributed by atoms with Crippen LogP contribution in [0.4, 0.5) is 0 Å². The third-order valence-corrected chi connectivity index (χ3v) is 5.41. The van der Waals surface area contributed by atoms with Crippen molar-refractivity contribution in [3.63, 3.8) is 0 Å². The highest BCUT2D eigenvalue weighted by molar-refractivity contribution is 5.81. The number of hydrogen-bond donors (Lipinski definition) is 2. The van der Waals surface area contributed by atoms with Crippen molar-refractivity contribution in [3.05, 3.63) is 62.1 Å². The number of H-pyrrole nitrogens is 1. The van der Waals surface area contributed by atoms with E-state index in [9.17, 15) is 4.79 Å². The summed E-state index contributed by atoms with van der Waals surface area (Å²) in [6.07, 6.45) is 12.5. The second-order valence-electron chi connectivity index (χ2n) is 7.54. The molecule has 0 unspecified atom stereocenters. The number of aromatic nitrogens is 1. The molecule has 0 aliphatic heterocycles. The third-order valence-electron chi connectivity index (χ3n) is 5.41. The van der Waals surface area contributed by atoms with Gasteiger partial charge in [-0.2, -0.15) is 0 Å². The molecule has 0 bridgehead atoms. The van der Waals surface area contributed by atoms with Gasteiger partial charge in [0.15, 0.2) is 0 Å². The molecule has 1 aromatic heterocycles. The van der Waals surface area contributed by atoms with E-state index in [1.54, 1.807) is 0 Å². The Morgan fingerprint density at radius 2 is 1.83 bits per heavy atom. The number of nitrogens with one attached hydrogen (secondary N) is 1. The Morgan fingerprint density at radius 1 is 1.09 bits per heavy atom. The lowest BCUT2D eigenvalue weighted by atomic mass is 9.85. The van der Waals surface area contributed by atoms with Gasteiger partial charge < -0.3 is 10.7 Å². The molecule has 3 aliphatic rings. The van der Waals surface area contributed by atoms with Crippen LogP contribution < -0.4 is 11.3 Å². The van der Waals surface area contributed by atoms with Gasteiger partial charge in [0.1, 0.15) is 0 Å². The molecule has 4 rings (SSSR count). The fourth-order valence-corrected chi connectivity index (χ4v) is 4.33. The first-order valence-electron chi connectivity index (χ1n) is 8.62. The predicted molar refractivity (Wildman–Crippen MR) is 94.4 cm³/mol. The highest BCUT2D eigenvalue weighted by Crippen LogP contribution is 2.43. The van der Waals surface area contributed by atoms with Crippen LogP contribution in [0, 0.1) is 0 Å². The number of allylic oxidation sites excluding steroid dienone is 4. The van der Waals surface area contributed by atoms with Crippen LogP contribution in [0.15, 0.2) is 34.2 Å². The largest absolute Gasteiger partial charge is 0.322 e. The molecule has 3 nitrogen and oxygen atoms in total. The highest BCUT2D eigenvalue weighted by Gasteiger charge is 2.33. The second-order valence-corrected chi connectivity index (χ2v) is 7.54. The Bertz CT molecular complexity index is 828. The molecule has 1 heterocycles. The Balaban J connectivity index is 1.91. The normalized spacial score (nSPS) is 19.9. The van der Waals surface area contributed by atoms with Crippen LogP contribution >= 0.6 is 0 Å². The number of pyridine rings is 1. The van der Waals surface area contributed by atoms with Crippen LogP contribution in [0.2, 0.25) is 0 Å². The van der Waals surface area contributed by atoms with E-state index < -0.39 is 0 Å². The first-order valence-corrected chi connectivity index (χ1v) is 8.62. The molecular weight excluding hydrogens is 284 g/mol. The van der Waals surface area contributed by atoms with E-state index in [-0.39, 0.29) is 11.1 Å². The Morgan fingerprint density at radius 3 is 2.57 bits per heavy atom. The van der Waals surface area contributed by atoms with Crippen molar-refractivity contribution in [1.82, 2.24) is 4.98 Å². The van der Waals surface area contributed by atoms with Crippen LogP contribution in [-0.2, 0) is 19.3 Å². The van der Waals surface area contributed by atoms with Gasteiger partial charge in [0.2, 0.25) is 0 Å². The molecule has 1 aromatic rings. The van der Waals surface area contributed by atoms with Crippen LogP contribution in [0.5, 0.6) is 0 Å². The summed E-state index contributed by atoms with van der Waals surface area (Å²) in [5.74, 6) is 0. The summed E-state index contributed by atoms with van der Waals surface area (Å²) in [5, 5.41) is 0. The van der Waals surface area contributed by atoms with E-state index in [4.69, 9.17) is 5.73 Å². The Kier molecular flexibility index (Phi) is 3.24. The molecule has 120 valence electrons. The average molecular weight is 308 g/mol. The van der Waals surface area contributed by atoms with Gasteiger partial charge in [0.25, 0.3) is 5.56 Å². The number of rotatable bonds is 1.